The molecule has 0 aromatic heterocycles. The molecule has 0 saturated carbocycles. The highest BCUT2D eigenvalue weighted by Gasteiger charge is 2.32. The molecule has 0 fully saturated rings. The lowest BCUT2D eigenvalue weighted by molar-refractivity contribution is -0.136. The third kappa shape index (κ3) is 2.71. The Labute approximate surface area is 111 Å². The van der Waals surface area contributed by atoms with Gasteiger partial charge in [-0.1, -0.05) is 6.07 Å². The van der Waals surface area contributed by atoms with Crippen LogP contribution < -0.4 is 10.5 Å². The van der Waals surface area contributed by atoms with E-state index in [1.165, 1.54) is 0 Å². The maximum atomic E-state index is 11.9. The average Bonchev–Trinajstić information content (AvgIpc) is 2.69. The molecule has 1 aliphatic carbocycles. The molecule has 6 nitrogen and oxygen atoms in total. The first-order valence-corrected chi connectivity index (χ1v) is 7.48. The van der Waals surface area contributed by atoms with E-state index < -0.39 is 21.2 Å². The average molecular weight is 284 g/mol. The Balaban J connectivity index is 2.22. The number of rotatable bonds is 4. The Bertz CT molecular complexity index is 612. The number of nitrogen functional groups attached to an aromatic ring is 1. The van der Waals surface area contributed by atoms with Gasteiger partial charge in [-0.25, -0.2) is 13.1 Å². The van der Waals surface area contributed by atoms with Gasteiger partial charge < -0.3 is 10.8 Å². The van der Waals surface area contributed by atoms with E-state index in [1.807, 2.05) is 6.07 Å². The number of nitrogens with one attached hydrogen (secondary N) is 1. The maximum absolute atomic E-state index is 11.9. The predicted octanol–water partition coefficient (Wildman–Crippen LogP) is 0.649. The van der Waals surface area contributed by atoms with E-state index >= 15 is 0 Å². The largest absolute Gasteiger partial charge is 0.480 e. The van der Waals surface area contributed by atoms with E-state index in [0.717, 1.165) is 24.5 Å². The van der Waals surface area contributed by atoms with Crippen LogP contribution in [0.5, 0.6) is 0 Å². The minimum Gasteiger partial charge on any atom is -0.480 e. The summed E-state index contributed by atoms with van der Waals surface area (Å²) in [6.07, 6.45) is 1.35. The summed E-state index contributed by atoms with van der Waals surface area (Å²) in [5, 5.41) is 7.32. The molecule has 0 bridgehead atoms. The molecule has 0 aliphatic heterocycles. The van der Waals surface area contributed by atoms with Crippen molar-refractivity contribution < 1.29 is 18.3 Å². The van der Waals surface area contributed by atoms with Crippen molar-refractivity contribution >= 4 is 21.7 Å². The van der Waals surface area contributed by atoms with Crippen molar-refractivity contribution in [3.63, 3.8) is 0 Å². The van der Waals surface area contributed by atoms with Gasteiger partial charge in [-0.3, -0.25) is 4.79 Å². The molecule has 104 valence electrons. The number of sulfonamides is 1. The maximum Gasteiger partial charge on any atom is 0.323 e. The number of anilines is 1. The second-order valence-electron chi connectivity index (χ2n) is 4.69. The zero-order chi connectivity index (χ0) is 14.2. The highest BCUT2D eigenvalue weighted by molar-refractivity contribution is 7.90. The van der Waals surface area contributed by atoms with Crippen molar-refractivity contribution in [1.82, 2.24) is 4.72 Å². The number of nitrogens with two attached hydrogens (primary N) is 1. The summed E-state index contributed by atoms with van der Waals surface area (Å²) >= 11 is 0. The van der Waals surface area contributed by atoms with Crippen molar-refractivity contribution in [2.45, 2.75) is 31.1 Å². The monoisotopic (exact) mass is 284 g/mol. The zero-order valence-electron chi connectivity index (χ0n) is 10.5. The summed E-state index contributed by atoms with van der Waals surface area (Å²) < 4.78 is 26.2. The van der Waals surface area contributed by atoms with Gasteiger partial charge in [0.05, 0.1) is 0 Å². The Kier molecular flexibility index (Phi) is 3.51. The van der Waals surface area contributed by atoms with Crippen LogP contribution in [0.15, 0.2) is 18.2 Å². The molecule has 1 aliphatic rings. The fourth-order valence-electron chi connectivity index (χ4n) is 2.19. The van der Waals surface area contributed by atoms with E-state index in [0.29, 0.717) is 12.1 Å². The number of hydrogen-bond acceptors (Lipinski definition) is 4. The molecule has 1 aromatic rings. The SMILES string of the molecule is CC(C(=O)O)S(=O)(=O)NC1CCc2cc(N)ccc21. The van der Waals surface area contributed by atoms with E-state index in [-0.39, 0.29) is 6.04 Å². The number of benzene rings is 1. The Morgan fingerprint density at radius 3 is 2.84 bits per heavy atom. The number of fused-ring (bicyclic) bond motifs is 1. The van der Waals surface area contributed by atoms with Crippen LogP contribution in [0.4, 0.5) is 5.69 Å². The van der Waals surface area contributed by atoms with Gasteiger partial charge in [-0.05, 0) is 43.0 Å². The Hall–Kier alpha value is -1.60. The van der Waals surface area contributed by atoms with E-state index in [2.05, 4.69) is 4.72 Å². The first kappa shape index (κ1) is 13.8. The summed E-state index contributed by atoms with van der Waals surface area (Å²) in [5.74, 6) is -1.36. The topological polar surface area (TPSA) is 109 Å². The number of carboxylic acid groups (broad SMARTS) is 1. The number of aryl methyl sites for hydroxylation is 1. The lowest BCUT2D eigenvalue weighted by Crippen LogP contribution is -2.38. The number of carbonyl (C=O) groups is 1. The molecular weight excluding hydrogens is 268 g/mol. The highest BCUT2D eigenvalue weighted by atomic mass is 32.2. The molecule has 0 heterocycles. The smallest absolute Gasteiger partial charge is 0.323 e. The van der Waals surface area contributed by atoms with E-state index in [4.69, 9.17) is 10.8 Å². The van der Waals surface area contributed by atoms with Gasteiger partial charge >= 0.3 is 5.97 Å². The summed E-state index contributed by atoms with van der Waals surface area (Å²) in [6.45, 7) is 1.16. The van der Waals surface area contributed by atoms with Crippen LogP contribution in [-0.4, -0.2) is 24.7 Å². The number of carboxylic acids is 1. The van der Waals surface area contributed by atoms with Crippen molar-refractivity contribution in [2.75, 3.05) is 5.73 Å². The van der Waals surface area contributed by atoms with Crippen molar-refractivity contribution in [3.8, 4) is 0 Å². The number of hydrogen-bond donors (Lipinski definition) is 3. The van der Waals surface area contributed by atoms with Crippen LogP contribution in [0.3, 0.4) is 0 Å². The molecule has 4 N–H and O–H groups in total. The molecule has 0 radical (unpaired) electrons. The first-order valence-electron chi connectivity index (χ1n) is 5.93. The second kappa shape index (κ2) is 4.82. The Morgan fingerprint density at radius 2 is 2.21 bits per heavy atom. The van der Waals surface area contributed by atoms with Crippen LogP contribution in [0.2, 0.25) is 0 Å². The normalized spacial score (nSPS) is 19.9. The van der Waals surface area contributed by atoms with Crippen LogP contribution in [0.1, 0.15) is 30.5 Å². The highest BCUT2D eigenvalue weighted by Crippen LogP contribution is 2.33. The van der Waals surface area contributed by atoms with Gasteiger partial charge in [0, 0.05) is 11.7 Å². The quantitative estimate of drug-likeness (QED) is 0.703. The molecule has 0 saturated heterocycles. The fraction of sp³-hybridized carbons (Fsp3) is 0.417. The number of aliphatic carboxylic acids is 1. The minimum atomic E-state index is -3.88. The van der Waals surface area contributed by atoms with Gasteiger partial charge in [-0.15, -0.1) is 0 Å². The third-order valence-corrected chi connectivity index (χ3v) is 5.11. The van der Waals surface area contributed by atoms with Gasteiger partial charge in [0.2, 0.25) is 10.0 Å². The summed E-state index contributed by atoms with van der Waals surface area (Å²) in [6, 6.07) is 4.95. The lowest BCUT2D eigenvalue weighted by atomic mass is 10.1. The Morgan fingerprint density at radius 1 is 1.53 bits per heavy atom. The van der Waals surface area contributed by atoms with Crippen molar-refractivity contribution in [1.29, 1.82) is 0 Å². The lowest BCUT2D eigenvalue weighted by Gasteiger charge is -2.16. The van der Waals surface area contributed by atoms with Gasteiger partial charge in [-0.2, -0.15) is 0 Å². The third-order valence-electron chi connectivity index (χ3n) is 3.36. The molecule has 2 unspecified atom stereocenters. The fourth-order valence-corrected chi connectivity index (χ4v) is 3.30. The van der Waals surface area contributed by atoms with Crippen LogP contribution in [-0.2, 0) is 21.2 Å². The molecule has 0 spiro atoms. The molecule has 0 amide bonds. The molecule has 2 atom stereocenters. The van der Waals surface area contributed by atoms with Crippen LogP contribution >= 0.6 is 0 Å². The summed E-state index contributed by atoms with van der Waals surface area (Å²) in [4.78, 5) is 10.8. The molecule has 1 aromatic carbocycles. The summed E-state index contributed by atoms with van der Waals surface area (Å²) in [7, 11) is -3.88. The summed E-state index contributed by atoms with van der Waals surface area (Å²) in [5.41, 5.74) is 8.20. The van der Waals surface area contributed by atoms with E-state index in [9.17, 15) is 13.2 Å². The zero-order valence-corrected chi connectivity index (χ0v) is 11.3. The van der Waals surface area contributed by atoms with E-state index in [1.54, 1.807) is 12.1 Å². The van der Waals surface area contributed by atoms with Gasteiger partial charge in [0.25, 0.3) is 0 Å². The first-order chi connectivity index (χ1) is 8.81. The molecule has 2 rings (SSSR count). The van der Waals surface area contributed by atoms with Crippen LogP contribution in [0.25, 0.3) is 0 Å². The van der Waals surface area contributed by atoms with Gasteiger partial charge in [0.15, 0.2) is 5.25 Å². The van der Waals surface area contributed by atoms with Crippen molar-refractivity contribution in [3.05, 3.63) is 29.3 Å². The molecule has 7 heteroatoms. The predicted molar refractivity (Wildman–Crippen MR) is 71.1 cm³/mol. The standard InChI is InChI=1S/C12H16N2O4S/c1-7(12(15)16)19(17,18)14-11-5-2-8-6-9(13)3-4-10(8)11/h3-4,6-7,11,14H,2,5,13H2,1H3,(H,15,16). The molecular formula is C12H16N2O4S. The second-order valence-corrected chi connectivity index (χ2v) is 6.73. The van der Waals surface area contributed by atoms with Gasteiger partial charge in [0.1, 0.15) is 0 Å². The van der Waals surface area contributed by atoms with Crippen LogP contribution in [0, 0.1) is 0 Å². The van der Waals surface area contributed by atoms with Crippen molar-refractivity contribution in [2.24, 2.45) is 0 Å². The minimum absolute atomic E-state index is 0.373. The molecule has 19 heavy (non-hydrogen) atoms.